The number of methoxy groups -OCH3 is 1. The van der Waals surface area contributed by atoms with Crippen molar-refractivity contribution < 1.29 is 9.47 Å². The number of nitrogens with one attached hydrogen (secondary N) is 1. The quantitative estimate of drug-likeness (QED) is 0.923. The summed E-state index contributed by atoms with van der Waals surface area (Å²) in [6.45, 7) is 2.85. The van der Waals surface area contributed by atoms with Crippen LogP contribution >= 0.6 is 0 Å². The summed E-state index contributed by atoms with van der Waals surface area (Å²) in [6.07, 6.45) is 4.05. The van der Waals surface area contributed by atoms with E-state index in [0.29, 0.717) is 18.4 Å². The number of nitrogens with zero attached hydrogens (tertiary/aromatic N) is 2. The Hall–Kier alpha value is -1.88. The lowest BCUT2D eigenvalue weighted by Gasteiger charge is -2.22. The summed E-state index contributed by atoms with van der Waals surface area (Å²) in [4.78, 5) is 0. The molecule has 0 unspecified atom stereocenters. The number of piperidine rings is 1. The molecular formula is C15H19N3O2. The Morgan fingerprint density at radius 2 is 2.15 bits per heavy atom. The standard InChI is InChI=1S/C15H19N3O2/c1-19-13-3-2-12-9-17-18-15(14(12)8-13)20-10-11-4-6-16-7-5-11/h2-3,8-9,11,16H,4-7,10H2,1H3. The summed E-state index contributed by atoms with van der Waals surface area (Å²) in [5.74, 6) is 2.00. The Morgan fingerprint density at radius 1 is 1.30 bits per heavy atom. The van der Waals surface area contributed by atoms with Gasteiger partial charge in [-0.1, -0.05) is 0 Å². The minimum absolute atomic E-state index is 0.596. The van der Waals surface area contributed by atoms with Gasteiger partial charge in [-0.05, 0) is 50.0 Å². The minimum Gasteiger partial charge on any atom is -0.497 e. The van der Waals surface area contributed by atoms with Gasteiger partial charge in [-0.3, -0.25) is 0 Å². The van der Waals surface area contributed by atoms with Crippen molar-refractivity contribution >= 4 is 10.8 Å². The highest BCUT2D eigenvalue weighted by Crippen LogP contribution is 2.27. The van der Waals surface area contributed by atoms with Crippen LogP contribution in [0.4, 0.5) is 0 Å². The van der Waals surface area contributed by atoms with Crippen LogP contribution in [0.15, 0.2) is 24.4 Å². The Kier molecular flexibility index (Phi) is 3.97. The van der Waals surface area contributed by atoms with Crippen LogP contribution in [0.2, 0.25) is 0 Å². The fourth-order valence-corrected chi connectivity index (χ4v) is 2.51. The van der Waals surface area contributed by atoms with Gasteiger partial charge in [0.15, 0.2) is 0 Å². The number of aromatic nitrogens is 2. The van der Waals surface area contributed by atoms with Crippen molar-refractivity contribution in [1.29, 1.82) is 0 Å². The highest BCUT2D eigenvalue weighted by atomic mass is 16.5. The molecule has 0 saturated carbocycles. The molecular weight excluding hydrogens is 254 g/mol. The fourth-order valence-electron chi connectivity index (χ4n) is 2.51. The van der Waals surface area contributed by atoms with Gasteiger partial charge in [0.25, 0.3) is 0 Å². The van der Waals surface area contributed by atoms with E-state index in [1.807, 2.05) is 18.2 Å². The van der Waals surface area contributed by atoms with Gasteiger partial charge < -0.3 is 14.8 Å². The monoisotopic (exact) mass is 273 g/mol. The molecule has 1 saturated heterocycles. The average molecular weight is 273 g/mol. The summed E-state index contributed by atoms with van der Waals surface area (Å²) in [6, 6.07) is 5.84. The lowest BCUT2D eigenvalue weighted by atomic mass is 9.99. The third kappa shape index (κ3) is 2.82. The van der Waals surface area contributed by atoms with E-state index < -0.39 is 0 Å². The van der Waals surface area contributed by atoms with E-state index in [1.54, 1.807) is 13.3 Å². The maximum atomic E-state index is 5.90. The molecule has 1 aliphatic rings. The van der Waals surface area contributed by atoms with Crippen molar-refractivity contribution in [2.24, 2.45) is 5.92 Å². The van der Waals surface area contributed by atoms with Gasteiger partial charge in [0.2, 0.25) is 5.88 Å². The molecule has 1 N–H and O–H groups in total. The number of hydrogen-bond acceptors (Lipinski definition) is 5. The molecule has 2 aromatic rings. The highest BCUT2D eigenvalue weighted by molar-refractivity contribution is 5.87. The average Bonchev–Trinajstić information content (AvgIpc) is 2.53. The van der Waals surface area contributed by atoms with Gasteiger partial charge in [-0.25, -0.2) is 0 Å². The molecule has 5 heteroatoms. The smallest absolute Gasteiger partial charge is 0.241 e. The van der Waals surface area contributed by atoms with Crippen molar-refractivity contribution in [2.75, 3.05) is 26.8 Å². The Morgan fingerprint density at radius 3 is 2.95 bits per heavy atom. The lowest BCUT2D eigenvalue weighted by Crippen LogP contribution is -2.30. The van der Waals surface area contributed by atoms with Crippen LogP contribution < -0.4 is 14.8 Å². The van der Waals surface area contributed by atoms with E-state index in [9.17, 15) is 0 Å². The Bertz CT molecular complexity index is 582. The second kappa shape index (κ2) is 6.05. The summed E-state index contributed by atoms with van der Waals surface area (Å²) in [5, 5.41) is 13.5. The predicted molar refractivity (Wildman–Crippen MR) is 77.2 cm³/mol. The molecule has 0 amide bonds. The predicted octanol–water partition coefficient (Wildman–Crippen LogP) is 2.02. The summed E-state index contributed by atoms with van der Waals surface area (Å²) >= 11 is 0. The first-order chi connectivity index (χ1) is 9.86. The van der Waals surface area contributed by atoms with E-state index in [1.165, 1.54) is 0 Å². The first-order valence-corrected chi connectivity index (χ1v) is 7.00. The van der Waals surface area contributed by atoms with Crippen molar-refractivity contribution in [3.8, 4) is 11.6 Å². The van der Waals surface area contributed by atoms with E-state index >= 15 is 0 Å². The number of benzene rings is 1. The molecule has 5 nitrogen and oxygen atoms in total. The van der Waals surface area contributed by atoms with Crippen LogP contribution in [-0.4, -0.2) is 37.0 Å². The molecule has 0 aliphatic carbocycles. The fraction of sp³-hybridized carbons (Fsp3) is 0.467. The van der Waals surface area contributed by atoms with E-state index in [-0.39, 0.29) is 0 Å². The zero-order chi connectivity index (χ0) is 13.8. The first-order valence-electron chi connectivity index (χ1n) is 7.00. The van der Waals surface area contributed by atoms with Crippen molar-refractivity contribution in [3.63, 3.8) is 0 Å². The van der Waals surface area contributed by atoms with Gasteiger partial charge in [-0.15, -0.1) is 5.10 Å². The molecule has 0 radical (unpaired) electrons. The molecule has 1 aromatic heterocycles. The molecule has 1 fully saturated rings. The molecule has 3 rings (SSSR count). The zero-order valence-corrected chi connectivity index (χ0v) is 11.6. The van der Waals surface area contributed by atoms with Crippen LogP contribution in [-0.2, 0) is 0 Å². The molecule has 2 heterocycles. The summed E-state index contributed by atoms with van der Waals surface area (Å²) < 4.78 is 11.2. The molecule has 106 valence electrons. The largest absolute Gasteiger partial charge is 0.497 e. The van der Waals surface area contributed by atoms with Crippen LogP contribution in [0.3, 0.4) is 0 Å². The van der Waals surface area contributed by atoms with Crippen LogP contribution in [0, 0.1) is 5.92 Å². The number of hydrogen-bond donors (Lipinski definition) is 1. The van der Waals surface area contributed by atoms with Gasteiger partial charge >= 0.3 is 0 Å². The van der Waals surface area contributed by atoms with Crippen molar-refractivity contribution in [2.45, 2.75) is 12.8 Å². The summed E-state index contributed by atoms with van der Waals surface area (Å²) in [5.41, 5.74) is 0. The second-order valence-electron chi connectivity index (χ2n) is 5.11. The maximum Gasteiger partial charge on any atom is 0.241 e. The van der Waals surface area contributed by atoms with Gasteiger partial charge in [-0.2, -0.15) is 5.10 Å². The van der Waals surface area contributed by atoms with E-state index in [2.05, 4.69) is 15.5 Å². The Labute approximate surface area is 118 Å². The molecule has 0 atom stereocenters. The molecule has 1 aliphatic heterocycles. The lowest BCUT2D eigenvalue weighted by molar-refractivity contribution is 0.209. The number of fused-ring (bicyclic) bond motifs is 1. The van der Waals surface area contributed by atoms with E-state index in [0.717, 1.165) is 42.5 Å². The maximum absolute atomic E-state index is 5.90. The third-order valence-corrected chi connectivity index (χ3v) is 3.75. The molecule has 0 spiro atoms. The number of rotatable bonds is 4. The van der Waals surface area contributed by atoms with Crippen molar-refractivity contribution in [3.05, 3.63) is 24.4 Å². The topological polar surface area (TPSA) is 56.3 Å². The SMILES string of the molecule is COc1ccc2cnnc(OCC3CCNCC3)c2c1. The normalized spacial score (nSPS) is 16.2. The van der Waals surface area contributed by atoms with E-state index in [4.69, 9.17) is 9.47 Å². The number of ether oxygens (including phenoxy) is 2. The van der Waals surface area contributed by atoms with Crippen molar-refractivity contribution in [1.82, 2.24) is 15.5 Å². The van der Waals surface area contributed by atoms with Crippen LogP contribution in [0.5, 0.6) is 11.6 Å². The van der Waals surface area contributed by atoms with Gasteiger partial charge in [0.05, 0.1) is 25.3 Å². The highest BCUT2D eigenvalue weighted by Gasteiger charge is 2.15. The van der Waals surface area contributed by atoms with Gasteiger partial charge in [0, 0.05) is 5.39 Å². The Balaban J connectivity index is 1.79. The minimum atomic E-state index is 0.596. The molecule has 20 heavy (non-hydrogen) atoms. The zero-order valence-electron chi connectivity index (χ0n) is 11.6. The second-order valence-corrected chi connectivity index (χ2v) is 5.11. The molecule has 0 bridgehead atoms. The summed E-state index contributed by atoms with van der Waals surface area (Å²) in [7, 11) is 1.66. The third-order valence-electron chi connectivity index (χ3n) is 3.75. The molecule has 1 aromatic carbocycles. The van der Waals surface area contributed by atoms with Gasteiger partial charge in [0.1, 0.15) is 5.75 Å². The van der Waals surface area contributed by atoms with Crippen LogP contribution in [0.25, 0.3) is 10.8 Å². The first kappa shape index (κ1) is 13.1. The van der Waals surface area contributed by atoms with Crippen LogP contribution in [0.1, 0.15) is 12.8 Å².